The van der Waals surface area contributed by atoms with Gasteiger partial charge in [0.15, 0.2) is 0 Å². The van der Waals surface area contributed by atoms with Crippen LogP contribution in [0.4, 0.5) is 0 Å². The monoisotopic (exact) mass is 408 g/mol. The number of aromatic nitrogens is 3. The summed E-state index contributed by atoms with van der Waals surface area (Å²) in [6, 6.07) is 9.63. The minimum absolute atomic E-state index is 0.0182. The molecule has 30 heavy (non-hydrogen) atoms. The van der Waals surface area contributed by atoms with Gasteiger partial charge in [0.05, 0.1) is 13.3 Å². The zero-order chi connectivity index (χ0) is 21.1. The van der Waals surface area contributed by atoms with Gasteiger partial charge in [-0.05, 0) is 45.2 Å². The molecule has 3 aromatic rings. The van der Waals surface area contributed by atoms with E-state index in [-0.39, 0.29) is 18.0 Å². The largest absolute Gasteiger partial charge is 0.496 e. The van der Waals surface area contributed by atoms with Gasteiger partial charge >= 0.3 is 0 Å². The normalized spacial score (nSPS) is 16.8. The third-order valence-corrected chi connectivity index (χ3v) is 5.56. The van der Waals surface area contributed by atoms with Crippen LogP contribution in [0.5, 0.6) is 5.75 Å². The molecular formula is C23H28N4O3. The lowest BCUT2D eigenvalue weighted by molar-refractivity contribution is 0.0555. The summed E-state index contributed by atoms with van der Waals surface area (Å²) in [6.45, 7) is 4.74. The van der Waals surface area contributed by atoms with Crippen molar-refractivity contribution in [2.24, 2.45) is 0 Å². The van der Waals surface area contributed by atoms with E-state index in [9.17, 15) is 4.79 Å². The summed E-state index contributed by atoms with van der Waals surface area (Å²) >= 11 is 0. The van der Waals surface area contributed by atoms with Crippen molar-refractivity contribution in [3.8, 4) is 5.75 Å². The van der Waals surface area contributed by atoms with Crippen LogP contribution in [0.25, 0.3) is 0 Å². The van der Waals surface area contributed by atoms with E-state index >= 15 is 0 Å². The molecule has 7 nitrogen and oxygen atoms in total. The number of ether oxygens (including phenoxy) is 1. The number of amides is 1. The average Bonchev–Trinajstić information content (AvgIpc) is 3.43. The van der Waals surface area contributed by atoms with Gasteiger partial charge in [-0.2, -0.15) is 5.10 Å². The molecule has 1 fully saturated rings. The number of oxazole rings is 1. The van der Waals surface area contributed by atoms with Crippen LogP contribution < -0.4 is 4.74 Å². The Morgan fingerprint density at radius 3 is 2.90 bits per heavy atom. The summed E-state index contributed by atoms with van der Waals surface area (Å²) in [5, 5.41) is 4.31. The van der Waals surface area contributed by atoms with Crippen LogP contribution >= 0.6 is 0 Å². The standard InChI is InChI=1S/C23H28N4O3/c1-16(2)27-20(11-12-25-27)23(28)26-13-7-6-9-19(26)22-24-15-18(30-22)14-17-8-4-5-10-21(17)29-3/h4-5,8,10-12,15-16,19H,6-7,9,13-14H2,1-3H3. The molecule has 158 valence electrons. The molecule has 1 saturated heterocycles. The van der Waals surface area contributed by atoms with Crippen molar-refractivity contribution in [1.82, 2.24) is 19.7 Å². The van der Waals surface area contributed by atoms with Crippen molar-refractivity contribution in [3.05, 3.63) is 65.6 Å². The van der Waals surface area contributed by atoms with Crippen molar-refractivity contribution in [1.29, 1.82) is 0 Å². The molecule has 0 aliphatic carbocycles. The quantitative estimate of drug-likeness (QED) is 0.604. The molecule has 3 heterocycles. The van der Waals surface area contributed by atoms with Crippen LogP contribution in [-0.2, 0) is 6.42 Å². The second kappa shape index (κ2) is 8.73. The third kappa shape index (κ3) is 3.97. The number of benzene rings is 1. The Bertz CT molecular complexity index is 1010. The van der Waals surface area contributed by atoms with E-state index in [1.54, 1.807) is 30.3 Å². The van der Waals surface area contributed by atoms with Crippen LogP contribution in [0, 0.1) is 0 Å². The third-order valence-electron chi connectivity index (χ3n) is 5.56. The maximum absolute atomic E-state index is 13.3. The summed E-state index contributed by atoms with van der Waals surface area (Å²) in [5.74, 6) is 2.17. The van der Waals surface area contributed by atoms with Crippen molar-refractivity contribution in [3.63, 3.8) is 0 Å². The first kappa shape index (κ1) is 20.2. The first-order valence-corrected chi connectivity index (χ1v) is 10.5. The number of hydrogen-bond donors (Lipinski definition) is 0. The van der Waals surface area contributed by atoms with Crippen LogP contribution in [0.3, 0.4) is 0 Å². The van der Waals surface area contributed by atoms with Gasteiger partial charge < -0.3 is 14.1 Å². The SMILES string of the molecule is COc1ccccc1Cc1cnc(C2CCCCN2C(=O)c2ccnn2C(C)C)o1. The number of rotatable bonds is 6. The van der Waals surface area contributed by atoms with E-state index in [1.807, 2.05) is 43.0 Å². The van der Waals surface area contributed by atoms with E-state index < -0.39 is 0 Å². The van der Waals surface area contributed by atoms with Crippen LogP contribution in [0.2, 0.25) is 0 Å². The summed E-state index contributed by atoms with van der Waals surface area (Å²) < 4.78 is 13.3. The summed E-state index contributed by atoms with van der Waals surface area (Å²) in [7, 11) is 1.66. The van der Waals surface area contributed by atoms with Gasteiger partial charge in [-0.3, -0.25) is 9.48 Å². The minimum Gasteiger partial charge on any atom is -0.496 e. The highest BCUT2D eigenvalue weighted by molar-refractivity contribution is 5.92. The molecule has 0 spiro atoms. The first-order valence-electron chi connectivity index (χ1n) is 10.5. The molecule has 1 amide bonds. The van der Waals surface area contributed by atoms with Crippen molar-refractivity contribution in [2.45, 2.75) is 51.6 Å². The smallest absolute Gasteiger partial charge is 0.272 e. The first-order chi connectivity index (χ1) is 14.6. The molecule has 0 N–H and O–H groups in total. The fourth-order valence-corrected chi connectivity index (χ4v) is 4.07. The second-order valence-corrected chi connectivity index (χ2v) is 7.92. The van der Waals surface area contributed by atoms with E-state index in [0.717, 1.165) is 36.3 Å². The highest BCUT2D eigenvalue weighted by atomic mass is 16.5. The number of methoxy groups -OCH3 is 1. The highest BCUT2D eigenvalue weighted by Gasteiger charge is 2.33. The van der Waals surface area contributed by atoms with Gasteiger partial charge in [-0.15, -0.1) is 0 Å². The van der Waals surface area contributed by atoms with Gasteiger partial charge in [-0.1, -0.05) is 18.2 Å². The minimum atomic E-state index is -0.159. The number of likely N-dealkylation sites (tertiary alicyclic amines) is 1. The molecule has 0 radical (unpaired) electrons. The fourth-order valence-electron chi connectivity index (χ4n) is 4.07. The van der Waals surface area contributed by atoms with Crippen molar-refractivity contribution < 1.29 is 13.9 Å². The second-order valence-electron chi connectivity index (χ2n) is 7.92. The molecular weight excluding hydrogens is 380 g/mol. The molecule has 1 atom stereocenters. The number of carbonyl (C=O) groups excluding carboxylic acids is 1. The maximum Gasteiger partial charge on any atom is 0.272 e. The molecule has 0 bridgehead atoms. The predicted molar refractivity (Wildman–Crippen MR) is 113 cm³/mol. The van der Waals surface area contributed by atoms with Gasteiger partial charge in [0.2, 0.25) is 5.89 Å². The van der Waals surface area contributed by atoms with E-state index in [0.29, 0.717) is 24.6 Å². The lowest BCUT2D eigenvalue weighted by Gasteiger charge is -2.34. The molecule has 1 aliphatic heterocycles. The molecule has 1 unspecified atom stereocenters. The predicted octanol–water partition coefficient (Wildman–Crippen LogP) is 4.42. The van der Waals surface area contributed by atoms with Gasteiger partial charge in [0.1, 0.15) is 23.2 Å². The average molecular weight is 409 g/mol. The Kier molecular flexibility index (Phi) is 5.88. The molecule has 1 aromatic carbocycles. The Morgan fingerprint density at radius 1 is 1.27 bits per heavy atom. The maximum atomic E-state index is 13.3. The molecule has 4 rings (SSSR count). The Balaban J connectivity index is 1.56. The number of carbonyl (C=O) groups is 1. The van der Waals surface area contributed by atoms with Crippen molar-refractivity contribution >= 4 is 5.91 Å². The van der Waals surface area contributed by atoms with Gasteiger partial charge in [-0.25, -0.2) is 4.98 Å². The molecule has 0 saturated carbocycles. The van der Waals surface area contributed by atoms with Gasteiger partial charge in [0, 0.05) is 30.8 Å². The van der Waals surface area contributed by atoms with E-state index in [1.165, 1.54) is 0 Å². The van der Waals surface area contributed by atoms with Crippen LogP contribution in [0.1, 0.15) is 72.9 Å². The molecule has 2 aromatic heterocycles. The summed E-state index contributed by atoms with van der Waals surface area (Å²) in [6.07, 6.45) is 6.91. The number of hydrogen-bond acceptors (Lipinski definition) is 5. The van der Waals surface area contributed by atoms with Crippen molar-refractivity contribution in [2.75, 3.05) is 13.7 Å². The number of para-hydroxylation sites is 1. The zero-order valence-electron chi connectivity index (χ0n) is 17.7. The fraction of sp³-hybridized carbons (Fsp3) is 0.435. The number of piperidine rings is 1. The van der Waals surface area contributed by atoms with E-state index in [4.69, 9.17) is 9.15 Å². The summed E-state index contributed by atoms with van der Waals surface area (Å²) in [5.41, 5.74) is 1.65. The number of nitrogens with zero attached hydrogens (tertiary/aromatic N) is 4. The summed E-state index contributed by atoms with van der Waals surface area (Å²) in [4.78, 5) is 19.8. The lowest BCUT2D eigenvalue weighted by Crippen LogP contribution is -2.39. The van der Waals surface area contributed by atoms with E-state index in [2.05, 4.69) is 10.1 Å². The Labute approximate surface area is 176 Å². The lowest BCUT2D eigenvalue weighted by atomic mass is 10.0. The van der Waals surface area contributed by atoms with Crippen LogP contribution in [-0.4, -0.2) is 39.2 Å². The Hall–Kier alpha value is -3.09. The molecule has 7 heteroatoms. The molecule has 1 aliphatic rings. The Morgan fingerprint density at radius 2 is 2.10 bits per heavy atom. The topological polar surface area (TPSA) is 73.4 Å². The van der Waals surface area contributed by atoms with Gasteiger partial charge in [0.25, 0.3) is 5.91 Å². The highest BCUT2D eigenvalue weighted by Crippen LogP contribution is 2.33. The van der Waals surface area contributed by atoms with Crippen LogP contribution in [0.15, 0.2) is 47.1 Å². The zero-order valence-corrected chi connectivity index (χ0v) is 17.7.